The molecule has 2 aromatic carbocycles. The van der Waals surface area contributed by atoms with E-state index >= 15 is 0 Å². The van der Waals surface area contributed by atoms with Gasteiger partial charge in [0, 0.05) is 19.6 Å². The van der Waals surface area contributed by atoms with Crippen molar-refractivity contribution < 1.29 is 40.6 Å². The van der Waals surface area contributed by atoms with Gasteiger partial charge in [-0.2, -0.15) is 31.1 Å². The van der Waals surface area contributed by atoms with Crippen LogP contribution in [-0.2, 0) is 48.1 Å². The Bertz CT molecular complexity index is 1520. The molecule has 1 atom stereocenters. The number of alkyl halides is 6. The quantitative estimate of drug-likeness (QED) is 0.327. The fraction of sp³-hybridized carbons (Fsp3) is 0.517. The monoisotopic (exact) mass is 641 g/mol. The van der Waals surface area contributed by atoms with Crippen LogP contribution in [0.4, 0.5) is 42.8 Å². The number of amides is 1. The maximum Gasteiger partial charge on any atom is 0.416 e. The fourth-order valence-electron chi connectivity index (χ4n) is 5.47. The zero-order chi connectivity index (χ0) is 32.7. The van der Waals surface area contributed by atoms with Gasteiger partial charge in [0.2, 0.25) is 0 Å². The number of nitrogens with two attached hydrogens (primary N) is 1. The van der Waals surface area contributed by atoms with Gasteiger partial charge in [-0.25, -0.2) is 4.79 Å². The van der Waals surface area contributed by atoms with Gasteiger partial charge in [0.25, 0.3) is 5.95 Å². The Morgan fingerprint density at radius 3 is 2.27 bits per heavy atom. The zero-order valence-corrected chi connectivity index (χ0v) is 24.9. The summed E-state index contributed by atoms with van der Waals surface area (Å²) in [5.74, 6) is -0.0205. The van der Waals surface area contributed by atoms with Crippen molar-refractivity contribution in [1.29, 1.82) is 0 Å². The first kappa shape index (κ1) is 32.5. The van der Waals surface area contributed by atoms with Crippen molar-refractivity contribution >= 4 is 17.7 Å². The zero-order valence-electron chi connectivity index (χ0n) is 24.9. The molecular weight excluding hydrogens is 608 g/mol. The predicted molar refractivity (Wildman–Crippen MR) is 150 cm³/mol. The lowest BCUT2D eigenvalue weighted by atomic mass is 9.95. The number of benzene rings is 2. The van der Waals surface area contributed by atoms with Gasteiger partial charge >= 0.3 is 18.4 Å². The van der Waals surface area contributed by atoms with Crippen LogP contribution < -0.4 is 15.5 Å². The van der Waals surface area contributed by atoms with Crippen LogP contribution in [0.1, 0.15) is 73.0 Å². The average molecular weight is 642 g/mol. The van der Waals surface area contributed by atoms with E-state index in [-0.39, 0.29) is 37.2 Å². The molecule has 10 nitrogen and oxygen atoms in total. The largest absolute Gasteiger partial charge is 0.443 e. The molecule has 45 heavy (non-hydrogen) atoms. The van der Waals surface area contributed by atoms with Crippen LogP contribution in [0, 0.1) is 0 Å². The number of halogens is 6. The average Bonchev–Trinajstić information content (AvgIpc) is 3.55. The molecule has 0 radical (unpaired) electrons. The second-order valence-corrected chi connectivity index (χ2v) is 12.0. The minimum atomic E-state index is -5.02. The molecule has 1 aromatic heterocycles. The van der Waals surface area contributed by atoms with E-state index in [2.05, 4.69) is 15.4 Å². The normalized spacial score (nSPS) is 17.1. The molecule has 3 heterocycles. The molecule has 1 unspecified atom stereocenters. The van der Waals surface area contributed by atoms with E-state index in [9.17, 15) is 31.1 Å². The lowest BCUT2D eigenvalue weighted by molar-refractivity contribution is -0.143. The van der Waals surface area contributed by atoms with Crippen molar-refractivity contribution in [2.75, 3.05) is 22.9 Å². The van der Waals surface area contributed by atoms with Crippen molar-refractivity contribution in [3.63, 3.8) is 0 Å². The highest BCUT2D eigenvalue weighted by atomic mass is 19.4. The minimum absolute atomic E-state index is 0.0205. The summed E-state index contributed by atoms with van der Waals surface area (Å²) in [6.07, 6.45) is -9.86. The summed E-state index contributed by atoms with van der Waals surface area (Å²) < 4.78 is 93.9. The third kappa shape index (κ3) is 7.32. The molecule has 5 rings (SSSR count). The van der Waals surface area contributed by atoms with Gasteiger partial charge in [-0.1, -0.05) is 5.10 Å². The molecule has 1 amide bonds. The van der Waals surface area contributed by atoms with E-state index in [1.165, 1.54) is 14.6 Å². The van der Waals surface area contributed by atoms with Crippen LogP contribution in [-0.4, -0.2) is 45.0 Å². The minimum Gasteiger partial charge on any atom is -0.443 e. The Morgan fingerprint density at radius 2 is 1.67 bits per heavy atom. The summed E-state index contributed by atoms with van der Waals surface area (Å²) in [6, 6.07) is 4.46. The highest BCUT2D eigenvalue weighted by Crippen LogP contribution is 2.43. The third-order valence-corrected chi connectivity index (χ3v) is 7.39. The van der Waals surface area contributed by atoms with Crippen molar-refractivity contribution in [1.82, 2.24) is 20.2 Å². The molecule has 3 aromatic rings. The summed E-state index contributed by atoms with van der Waals surface area (Å²) in [5.41, 5.74) is 4.52. The number of carbonyl (C=O) groups is 1. The van der Waals surface area contributed by atoms with Crippen LogP contribution in [0.25, 0.3) is 0 Å². The number of tetrazole rings is 1. The molecule has 0 bridgehead atoms. The summed E-state index contributed by atoms with van der Waals surface area (Å²) in [4.78, 5) is 17.6. The highest BCUT2D eigenvalue weighted by Gasteiger charge is 2.39. The SMILES string of the molecule is CC(C)(C)OC(=O)N1CCCC(N(Cc2cc(C(F)(F)F)cc(C(F)(F)F)c2)c2nnn(CCN)n2)c2cc3c(cc21)COC3. The molecule has 2 aliphatic rings. The predicted octanol–water partition coefficient (Wildman–Crippen LogP) is 5.98. The van der Waals surface area contributed by atoms with Crippen LogP contribution in [0.2, 0.25) is 0 Å². The Labute approximate surface area is 255 Å². The van der Waals surface area contributed by atoms with Crippen LogP contribution in [0.5, 0.6) is 0 Å². The molecule has 0 spiro atoms. The van der Waals surface area contributed by atoms with Crippen molar-refractivity contribution in [2.45, 2.75) is 83.9 Å². The van der Waals surface area contributed by atoms with Gasteiger partial charge < -0.3 is 20.1 Å². The van der Waals surface area contributed by atoms with Gasteiger partial charge in [0.15, 0.2) is 0 Å². The molecule has 0 saturated heterocycles. The second-order valence-electron chi connectivity index (χ2n) is 12.0. The molecule has 2 aliphatic heterocycles. The molecule has 0 fully saturated rings. The summed E-state index contributed by atoms with van der Waals surface area (Å²) in [7, 11) is 0. The number of carbonyl (C=O) groups excluding carboxylic acids is 1. The second kappa shape index (κ2) is 12.1. The molecule has 0 aliphatic carbocycles. The number of nitrogens with zero attached hydrogens (tertiary/aromatic N) is 6. The highest BCUT2D eigenvalue weighted by molar-refractivity contribution is 5.90. The number of rotatable bonds is 6. The smallest absolute Gasteiger partial charge is 0.416 e. The Morgan fingerprint density at radius 1 is 1.02 bits per heavy atom. The Balaban J connectivity index is 1.65. The number of hydrogen-bond acceptors (Lipinski definition) is 8. The standard InChI is InChI=1S/C29H33F6N7O3/c1-27(2,3)45-26(43)40-7-4-5-23(22-11-18-15-44-16-19(18)12-24(22)40)41(25-37-39-42(38-25)8-6-36)14-17-9-20(28(30,31)32)13-21(10-17)29(33,34)35/h9-13,23H,4-8,14-16,36H2,1-3H3. The van der Waals surface area contributed by atoms with Crippen LogP contribution in [0.3, 0.4) is 0 Å². The van der Waals surface area contributed by atoms with Crippen LogP contribution >= 0.6 is 0 Å². The topological polar surface area (TPSA) is 112 Å². The third-order valence-electron chi connectivity index (χ3n) is 7.39. The molecule has 0 saturated carbocycles. The van der Waals surface area contributed by atoms with E-state index in [0.29, 0.717) is 49.4 Å². The maximum atomic E-state index is 13.8. The molecular formula is C29H33F6N7O3. The number of ether oxygens (including phenoxy) is 2. The van der Waals surface area contributed by atoms with E-state index < -0.39 is 47.8 Å². The van der Waals surface area contributed by atoms with Gasteiger partial charge in [-0.3, -0.25) is 4.90 Å². The van der Waals surface area contributed by atoms with Crippen molar-refractivity contribution in [3.05, 3.63) is 63.7 Å². The van der Waals surface area contributed by atoms with E-state index in [1.54, 1.807) is 20.8 Å². The summed E-state index contributed by atoms with van der Waals surface area (Å²) in [6.45, 7) is 6.02. The van der Waals surface area contributed by atoms with Crippen LogP contribution in [0.15, 0.2) is 30.3 Å². The fourth-order valence-corrected chi connectivity index (χ4v) is 5.47. The van der Waals surface area contributed by atoms with Gasteiger partial charge in [-0.05, 0) is 91.4 Å². The lowest BCUT2D eigenvalue weighted by Gasteiger charge is -2.33. The van der Waals surface area contributed by atoms with Crippen molar-refractivity contribution in [2.24, 2.45) is 5.73 Å². The molecule has 244 valence electrons. The number of aromatic nitrogens is 4. The summed E-state index contributed by atoms with van der Waals surface area (Å²) in [5, 5.41) is 12.5. The Kier molecular flexibility index (Phi) is 8.74. The Hall–Kier alpha value is -3.92. The lowest BCUT2D eigenvalue weighted by Crippen LogP contribution is -2.37. The number of fused-ring (bicyclic) bond motifs is 2. The first-order valence-electron chi connectivity index (χ1n) is 14.3. The number of hydrogen-bond donors (Lipinski definition) is 1. The van der Waals surface area contributed by atoms with Crippen molar-refractivity contribution in [3.8, 4) is 0 Å². The van der Waals surface area contributed by atoms with Gasteiger partial charge in [0.05, 0.1) is 42.6 Å². The van der Waals surface area contributed by atoms with Gasteiger partial charge in [-0.15, -0.1) is 5.10 Å². The first-order chi connectivity index (χ1) is 21.0. The van der Waals surface area contributed by atoms with E-state index in [1.807, 2.05) is 12.1 Å². The van der Waals surface area contributed by atoms with E-state index in [4.69, 9.17) is 15.2 Å². The van der Waals surface area contributed by atoms with E-state index in [0.717, 1.165) is 11.1 Å². The molecule has 2 N–H and O–H groups in total. The summed E-state index contributed by atoms with van der Waals surface area (Å²) >= 11 is 0. The molecule has 16 heteroatoms. The van der Waals surface area contributed by atoms with Gasteiger partial charge in [0.1, 0.15) is 5.60 Å². The first-order valence-corrected chi connectivity index (χ1v) is 14.3. The number of anilines is 2. The maximum absolute atomic E-state index is 13.8.